The normalized spacial score (nSPS) is 16.7. The number of anilines is 2. The van der Waals surface area contributed by atoms with Crippen LogP contribution in [-0.2, 0) is 4.57 Å². The summed E-state index contributed by atoms with van der Waals surface area (Å²) in [4.78, 5) is 0. The molecule has 0 aliphatic carbocycles. The van der Waals surface area contributed by atoms with E-state index in [4.69, 9.17) is 0 Å². The molecule has 1 aliphatic heterocycles. The minimum absolute atomic E-state index is 0.832. The maximum absolute atomic E-state index is 15.2. The fourth-order valence-corrected chi connectivity index (χ4v) is 7.77. The van der Waals surface area contributed by atoms with Crippen molar-refractivity contribution in [1.29, 1.82) is 0 Å². The van der Waals surface area contributed by atoms with Crippen molar-refractivity contribution >= 4 is 29.3 Å². The number of hydrogen-bond acceptors (Lipinski definition) is 1. The van der Waals surface area contributed by atoms with Crippen molar-refractivity contribution in [3.63, 3.8) is 0 Å². The van der Waals surface area contributed by atoms with Crippen LogP contribution in [0, 0.1) is 0 Å². The number of fused-ring (bicyclic) bond motifs is 3. The molecule has 2 nitrogen and oxygen atoms in total. The SMILES string of the molecule is O=P1(c2ccccc2)c2ccccc2-c2ccccc2N1c1ccc(-c2ccccc2)cc1. The van der Waals surface area contributed by atoms with E-state index in [1.54, 1.807) is 0 Å². The highest BCUT2D eigenvalue weighted by Gasteiger charge is 2.42. The van der Waals surface area contributed by atoms with Crippen molar-refractivity contribution < 1.29 is 4.57 Å². The summed E-state index contributed by atoms with van der Waals surface area (Å²) in [7, 11) is -3.17. The Labute approximate surface area is 194 Å². The third-order valence-electron chi connectivity index (χ3n) is 6.26. The Hall–Kier alpha value is -3.87. The van der Waals surface area contributed by atoms with Crippen LogP contribution >= 0.6 is 7.29 Å². The summed E-state index contributed by atoms with van der Waals surface area (Å²) in [5, 5.41) is 1.71. The number of hydrogen-bond donors (Lipinski definition) is 0. The molecule has 1 heterocycles. The Morgan fingerprint density at radius 2 is 1.03 bits per heavy atom. The molecule has 0 spiro atoms. The molecule has 1 atom stereocenters. The molecule has 1 unspecified atom stereocenters. The molecule has 158 valence electrons. The zero-order valence-corrected chi connectivity index (χ0v) is 18.9. The van der Waals surface area contributed by atoms with Gasteiger partial charge in [0.2, 0.25) is 7.29 Å². The lowest BCUT2D eigenvalue weighted by atomic mass is 10.0. The minimum atomic E-state index is -3.17. The van der Waals surface area contributed by atoms with E-state index >= 15 is 4.57 Å². The first-order valence-corrected chi connectivity index (χ1v) is 12.7. The van der Waals surface area contributed by atoms with Crippen LogP contribution in [0.2, 0.25) is 0 Å². The first-order valence-electron chi connectivity index (χ1n) is 11.1. The zero-order valence-electron chi connectivity index (χ0n) is 18.0. The van der Waals surface area contributed by atoms with Gasteiger partial charge in [-0.15, -0.1) is 0 Å². The Morgan fingerprint density at radius 1 is 0.485 bits per heavy atom. The van der Waals surface area contributed by atoms with Gasteiger partial charge in [-0.2, -0.15) is 0 Å². The molecule has 0 bridgehead atoms. The van der Waals surface area contributed by atoms with Crippen LogP contribution in [0.1, 0.15) is 0 Å². The van der Waals surface area contributed by atoms with Gasteiger partial charge in [-0.25, -0.2) is 0 Å². The van der Waals surface area contributed by atoms with E-state index in [1.165, 1.54) is 5.56 Å². The summed E-state index contributed by atoms with van der Waals surface area (Å²) < 4.78 is 17.3. The molecule has 0 fully saturated rings. The number of para-hydroxylation sites is 1. The summed E-state index contributed by atoms with van der Waals surface area (Å²) in [5.74, 6) is 0. The maximum atomic E-state index is 15.2. The lowest BCUT2D eigenvalue weighted by Gasteiger charge is -2.40. The van der Waals surface area contributed by atoms with E-state index in [0.717, 1.165) is 38.7 Å². The van der Waals surface area contributed by atoms with E-state index in [9.17, 15) is 0 Å². The van der Waals surface area contributed by atoms with Gasteiger partial charge in [0.25, 0.3) is 0 Å². The molecule has 6 rings (SSSR count). The lowest BCUT2D eigenvalue weighted by Crippen LogP contribution is -2.33. The Bertz CT molecular complexity index is 1480. The standard InChI is InChI=1S/C30H22NOP/c32-33(26-13-5-2-6-14-26)30-18-10-8-16-28(30)27-15-7-9-17-29(27)31(33)25-21-19-24(20-22-25)23-11-3-1-4-12-23/h1-22H. The van der Waals surface area contributed by atoms with E-state index in [2.05, 4.69) is 59.3 Å². The predicted molar refractivity (Wildman–Crippen MR) is 139 cm³/mol. The van der Waals surface area contributed by atoms with Crippen LogP contribution in [-0.4, -0.2) is 0 Å². The second kappa shape index (κ2) is 7.92. The topological polar surface area (TPSA) is 20.3 Å². The largest absolute Gasteiger partial charge is 0.289 e. The van der Waals surface area contributed by atoms with Crippen molar-refractivity contribution in [3.8, 4) is 22.3 Å². The summed E-state index contributed by atoms with van der Waals surface area (Å²) in [6.45, 7) is 0. The molecule has 0 amide bonds. The summed E-state index contributed by atoms with van der Waals surface area (Å²) >= 11 is 0. The molecular weight excluding hydrogens is 421 g/mol. The van der Waals surface area contributed by atoms with Gasteiger partial charge in [0.1, 0.15) is 0 Å². The van der Waals surface area contributed by atoms with Crippen LogP contribution in [0.15, 0.2) is 133 Å². The molecular formula is C30H22NOP. The average Bonchev–Trinajstić information content (AvgIpc) is 2.90. The Balaban J connectivity index is 1.60. The van der Waals surface area contributed by atoms with Gasteiger partial charge in [-0.1, -0.05) is 97.1 Å². The molecule has 0 N–H and O–H groups in total. The van der Waals surface area contributed by atoms with Crippen LogP contribution in [0.25, 0.3) is 22.3 Å². The van der Waals surface area contributed by atoms with Crippen LogP contribution in [0.4, 0.5) is 11.4 Å². The smallest absolute Gasteiger partial charge is 0.234 e. The minimum Gasteiger partial charge on any atom is -0.289 e. The fraction of sp³-hybridized carbons (Fsp3) is 0. The van der Waals surface area contributed by atoms with E-state index < -0.39 is 7.29 Å². The second-order valence-corrected chi connectivity index (χ2v) is 10.7. The van der Waals surface area contributed by atoms with Gasteiger partial charge in [0.15, 0.2) is 0 Å². The van der Waals surface area contributed by atoms with E-state index in [1.807, 2.05) is 78.9 Å². The van der Waals surface area contributed by atoms with Crippen molar-refractivity contribution in [1.82, 2.24) is 0 Å². The van der Waals surface area contributed by atoms with Crippen molar-refractivity contribution in [3.05, 3.63) is 133 Å². The Morgan fingerprint density at radius 3 is 1.76 bits per heavy atom. The predicted octanol–water partition coefficient (Wildman–Crippen LogP) is 7.40. The van der Waals surface area contributed by atoms with Gasteiger partial charge in [-0.3, -0.25) is 9.24 Å². The highest BCUT2D eigenvalue weighted by atomic mass is 31.2. The highest BCUT2D eigenvalue weighted by molar-refractivity contribution is 7.80. The molecule has 0 saturated heterocycles. The molecule has 0 aromatic heterocycles. The summed E-state index contributed by atoms with van der Waals surface area (Å²) in [6, 6.07) is 45.0. The van der Waals surface area contributed by atoms with Crippen LogP contribution < -0.4 is 15.3 Å². The van der Waals surface area contributed by atoms with Crippen molar-refractivity contribution in [2.45, 2.75) is 0 Å². The van der Waals surface area contributed by atoms with Gasteiger partial charge in [-0.05, 0) is 53.1 Å². The summed E-state index contributed by atoms with van der Waals surface area (Å²) in [5.41, 5.74) is 6.33. The summed E-state index contributed by atoms with van der Waals surface area (Å²) in [6.07, 6.45) is 0. The van der Waals surface area contributed by atoms with E-state index in [-0.39, 0.29) is 0 Å². The van der Waals surface area contributed by atoms with Gasteiger partial charge in [0.05, 0.1) is 5.69 Å². The monoisotopic (exact) mass is 443 g/mol. The third kappa shape index (κ3) is 3.15. The van der Waals surface area contributed by atoms with Gasteiger partial charge < -0.3 is 0 Å². The second-order valence-electron chi connectivity index (χ2n) is 8.17. The fourth-order valence-electron chi connectivity index (χ4n) is 4.72. The molecule has 33 heavy (non-hydrogen) atoms. The molecule has 0 saturated carbocycles. The third-order valence-corrected chi connectivity index (χ3v) is 9.31. The first-order chi connectivity index (χ1) is 16.3. The number of benzene rings is 5. The molecule has 5 aromatic rings. The van der Waals surface area contributed by atoms with Crippen molar-refractivity contribution in [2.24, 2.45) is 0 Å². The molecule has 5 aromatic carbocycles. The van der Waals surface area contributed by atoms with Crippen molar-refractivity contribution in [2.75, 3.05) is 4.67 Å². The van der Waals surface area contributed by atoms with Crippen LogP contribution in [0.5, 0.6) is 0 Å². The van der Waals surface area contributed by atoms with Gasteiger partial charge in [0, 0.05) is 21.9 Å². The zero-order chi connectivity index (χ0) is 22.3. The number of rotatable bonds is 3. The molecule has 3 heteroatoms. The highest BCUT2D eigenvalue weighted by Crippen LogP contribution is 2.60. The maximum Gasteiger partial charge on any atom is 0.234 e. The van der Waals surface area contributed by atoms with Crippen LogP contribution in [0.3, 0.4) is 0 Å². The molecule has 1 aliphatic rings. The quantitative estimate of drug-likeness (QED) is 0.271. The van der Waals surface area contributed by atoms with Gasteiger partial charge >= 0.3 is 0 Å². The lowest BCUT2D eigenvalue weighted by molar-refractivity contribution is 0.587. The molecule has 0 radical (unpaired) electrons. The average molecular weight is 443 g/mol. The Kier molecular flexibility index (Phi) is 4.75. The first kappa shape index (κ1) is 19.8. The van der Waals surface area contributed by atoms with E-state index in [0.29, 0.717) is 0 Å². The number of nitrogens with zero attached hydrogens (tertiary/aromatic N) is 1.